The van der Waals surface area contributed by atoms with Gasteiger partial charge in [0.2, 0.25) is 0 Å². The quantitative estimate of drug-likeness (QED) is 0.455. The highest BCUT2D eigenvalue weighted by Gasteiger charge is 2.27. The molecule has 160 valence electrons. The number of nitrogens with zero attached hydrogens (tertiary/aromatic N) is 4. The summed E-state index contributed by atoms with van der Waals surface area (Å²) in [6.45, 7) is 2.96. The van der Waals surface area contributed by atoms with E-state index >= 15 is 0 Å². The molecule has 0 amide bonds. The summed E-state index contributed by atoms with van der Waals surface area (Å²) in [5, 5.41) is 2.19. The number of benzene rings is 2. The lowest BCUT2D eigenvalue weighted by Gasteiger charge is -2.31. The Morgan fingerprint density at radius 1 is 1.09 bits per heavy atom. The van der Waals surface area contributed by atoms with Crippen LogP contribution >= 0.6 is 0 Å². The number of hydrogen-bond acceptors (Lipinski definition) is 5. The number of hydrazine groups is 1. The maximum Gasteiger partial charge on any atom is 0.150 e. The number of nitrogen functional groups attached to an aromatic ring is 1. The Morgan fingerprint density at radius 3 is 2.72 bits per heavy atom. The summed E-state index contributed by atoms with van der Waals surface area (Å²) < 4.78 is 2.14. The maximum absolute atomic E-state index is 6.35. The van der Waals surface area contributed by atoms with E-state index < -0.39 is 0 Å². The van der Waals surface area contributed by atoms with Gasteiger partial charge in [-0.25, -0.2) is 9.97 Å². The molecule has 2 aromatic heterocycles. The van der Waals surface area contributed by atoms with Crippen molar-refractivity contribution in [2.24, 2.45) is 0 Å². The first-order valence-corrected chi connectivity index (χ1v) is 11.2. The molecule has 1 fully saturated rings. The zero-order valence-corrected chi connectivity index (χ0v) is 18.1. The van der Waals surface area contributed by atoms with Crippen molar-refractivity contribution >= 4 is 28.3 Å². The van der Waals surface area contributed by atoms with E-state index in [9.17, 15) is 0 Å². The number of nitrogens with one attached hydrogen (secondary N) is 1. The molecule has 3 N–H and O–H groups in total. The molecule has 32 heavy (non-hydrogen) atoms. The predicted octanol–water partition coefficient (Wildman–Crippen LogP) is 5.50. The lowest BCUT2D eigenvalue weighted by molar-refractivity contribution is 0.400. The van der Waals surface area contributed by atoms with Gasteiger partial charge in [0.25, 0.3) is 0 Å². The predicted molar refractivity (Wildman–Crippen MR) is 130 cm³/mol. The fourth-order valence-corrected chi connectivity index (χ4v) is 4.69. The first-order chi connectivity index (χ1) is 15.7. The molecule has 6 nitrogen and oxygen atoms in total. The maximum atomic E-state index is 6.35. The summed E-state index contributed by atoms with van der Waals surface area (Å²) >= 11 is 0. The highest BCUT2D eigenvalue weighted by Crippen LogP contribution is 2.41. The second kappa shape index (κ2) is 7.41. The largest absolute Gasteiger partial charge is 0.382 e. The summed E-state index contributed by atoms with van der Waals surface area (Å²) in [6, 6.07) is 16.8. The standard InChI is InChI=1S/C26H26N6/c1-17-12-14-32(30-20-8-3-2-4-9-20)22-16-19(10-11-21(17)22)23-24-25(27)28-13-15-31(24)26(29-23)18-6-5-7-18/h2-4,8-13,15-16,18,30H,5-7,14H2,1H3,(H2,27,28). The van der Waals surface area contributed by atoms with Crippen molar-refractivity contribution in [2.75, 3.05) is 22.7 Å². The molecule has 2 aromatic carbocycles. The number of nitrogens with two attached hydrogens (primary N) is 1. The molecule has 1 saturated carbocycles. The van der Waals surface area contributed by atoms with E-state index in [4.69, 9.17) is 10.7 Å². The average molecular weight is 423 g/mol. The lowest BCUT2D eigenvalue weighted by Crippen LogP contribution is -2.32. The van der Waals surface area contributed by atoms with Crippen molar-refractivity contribution in [2.45, 2.75) is 32.1 Å². The summed E-state index contributed by atoms with van der Waals surface area (Å²) in [5.41, 5.74) is 17.5. The summed E-state index contributed by atoms with van der Waals surface area (Å²) in [4.78, 5) is 9.47. The lowest BCUT2D eigenvalue weighted by atomic mass is 9.85. The molecule has 3 heterocycles. The molecule has 0 unspecified atom stereocenters. The minimum atomic E-state index is 0.497. The van der Waals surface area contributed by atoms with Gasteiger partial charge in [-0.2, -0.15) is 0 Å². The minimum absolute atomic E-state index is 0.497. The molecule has 4 aromatic rings. The third kappa shape index (κ3) is 3.02. The molecule has 0 radical (unpaired) electrons. The first-order valence-electron chi connectivity index (χ1n) is 11.2. The fourth-order valence-electron chi connectivity index (χ4n) is 4.69. The number of fused-ring (bicyclic) bond motifs is 2. The molecule has 1 aliphatic heterocycles. The van der Waals surface area contributed by atoms with Gasteiger partial charge in [0, 0.05) is 29.4 Å². The Morgan fingerprint density at radius 2 is 1.94 bits per heavy atom. The van der Waals surface area contributed by atoms with Crippen molar-refractivity contribution in [3.63, 3.8) is 0 Å². The van der Waals surface area contributed by atoms with Crippen LogP contribution < -0.4 is 16.2 Å². The number of allylic oxidation sites excluding steroid dienone is 1. The fraction of sp³-hybridized carbons (Fsp3) is 0.231. The van der Waals surface area contributed by atoms with Crippen LogP contribution in [0.25, 0.3) is 22.3 Å². The Hall–Kier alpha value is -3.80. The van der Waals surface area contributed by atoms with Crippen molar-refractivity contribution in [3.05, 3.63) is 78.4 Å². The van der Waals surface area contributed by atoms with Gasteiger partial charge in [-0.15, -0.1) is 0 Å². The van der Waals surface area contributed by atoms with E-state index in [0.29, 0.717) is 11.7 Å². The van der Waals surface area contributed by atoms with E-state index in [-0.39, 0.29) is 0 Å². The number of imidazole rings is 1. The Labute approximate surface area is 187 Å². The van der Waals surface area contributed by atoms with Gasteiger partial charge in [0.05, 0.1) is 17.9 Å². The number of aromatic nitrogens is 3. The van der Waals surface area contributed by atoms with Crippen LogP contribution in [-0.4, -0.2) is 20.9 Å². The zero-order valence-electron chi connectivity index (χ0n) is 18.1. The van der Waals surface area contributed by atoms with Crippen molar-refractivity contribution in [1.82, 2.24) is 14.4 Å². The molecule has 0 bridgehead atoms. The summed E-state index contributed by atoms with van der Waals surface area (Å²) in [6.07, 6.45) is 9.64. The van der Waals surface area contributed by atoms with Crippen molar-refractivity contribution in [1.29, 1.82) is 0 Å². The second-order valence-electron chi connectivity index (χ2n) is 8.69. The third-order valence-electron chi connectivity index (χ3n) is 6.69. The smallest absolute Gasteiger partial charge is 0.150 e. The van der Waals surface area contributed by atoms with Crippen LogP contribution in [0.5, 0.6) is 0 Å². The van der Waals surface area contributed by atoms with Crippen LogP contribution in [0.15, 0.2) is 67.0 Å². The molecule has 0 spiro atoms. The Kier molecular flexibility index (Phi) is 4.38. The summed E-state index contributed by atoms with van der Waals surface area (Å²) in [7, 11) is 0. The molecule has 2 aliphatic rings. The molecule has 0 saturated heterocycles. The molecular formula is C26H26N6. The molecule has 6 rings (SSSR count). The van der Waals surface area contributed by atoms with Crippen molar-refractivity contribution in [3.8, 4) is 11.3 Å². The molecule has 6 heteroatoms. The molecular weight excluding hydrogens is 396 g/mol. The summed E-state index contributed by atoms with van der Waals surface area (Å²) in [5.74, 6) is 2.12. The van der Waals surface area contributed by atoms with Crippen molar-refractivity contribution < 1.29 is 0 Å². The zero-order chi connectivity index (χ0) is 21.7. The van der Waals surface area contributed by atoms with Gasteiger partial charge in [-0.3, -0.25) is 14.8 Å². The van der Waals surface area contributed by atoms with Crippen LogP contribution in [-0.2, 0) is 0 Å². The van der Waals surface area contributed by atoms with Crippen LogP contribution in [0.1, 0.15) is 43.5 Å². The van der Waals surface area contributed by atoms with Gasteiger partial charge < -0.3 is 5.73 Å². The van der Waals surface area contributed by atoms with Gasteiger partial charge in [0.15, 0.2) is 0 Å². The second-order valence-corrected chi connectivity index (χ2v) is 8.69. The first kappa shape index (κ1) is 18.9. The highest BCUT2D eigenvalue weighted by molar-refractivity contribution is 5.89. The molecule has 1 aliphatic carbocycles. The van der Waals surface area contributed by atoms with E-state index in [1.807, 2.05) is 24.4 Å². The minimum Gasteiger partial charge on any atom is -0.382 e. The van der Waals surface area contributed by atoms with Gasteiger partial charge in [-0.1, -0.05) is 42.8 Å². The Bertz CT molecular complexity index is 1330. The van der Waals surface area contributed by atoms with E-state index in [1.54, 1.807) is 6.20 Å². The van der Waals surface area contributed by atoms with Gasteiger partial charge in [0.1, 0.15) is 22.9 Å². The monoisotopic (exact) mass is 422 g/mol. The number of hydrogen-bond donors (Lipinski definition) is 2. The van der Waals surface area contributed by atoms with Crippen LogP contribution in [0.3, 0.4) is 0 Å². The van der Waals surface area contributed by atoms with Crippen LogP contribution in [0, 0.1) is 0 Å². The average Bonchev–Trinajstić information content (AvgIpc) is 3.16. The van der Waals surface area contributed by atoms with E-state index in [2.05, 4.69) is 63.2 Å². The van der Waals surface area contributed by atoms with Gasteiger partial charge >= 0.3 is 0 Å². The Balaban J connectivity index is 1.48. The SMILES string of the molecule is CC1=CCN(Nc2ccccc2)c2cc(-c3nc(C4CCC4)n4ccnc(N)c34)ccc21. The van der Waals surface area contributed by atoms with Crippen LogP contribution in [0.2, 0.25) is 0 Å². The van der Waals surface area contributed by atoms with E-state index in [0.717, 1.165) is 40.5 Å². The van der Waals surface area contributed by atoms with Crippen LogP contribution in [0.4, 0.5) is 17.2 Å². The number of para-hydroxylation sites is 1. The number of rotatable bonds is 4. The third-order valence-corrected chi connectivity index (χ3v) is 6.69. The van der Waals surface area contributed by atoms with E-state index in [1.165, 1.54) is 30.4 Å². The van der Waals surface area contributed by atoms with Gasteiger partial charge in [-0.05, 0) is 43.5 Å². The topological polar surface area (TPSA) is 71.5 Å². The molecule has 0 atom stereocenters. The highest BCUT2D eigenvalue weighted by atomic mass is 15.5. The normalized spacial score (nSPS) is 15.9. The number of anilines is 3.